The number of amides is 2. The number of carbonyl (C=O) groups excluding carboxylic acids is 2. The molecule has 1 N–H and O–H groups in total. The van der Waals surface area contributed by atoms with Gasteiger partial charge in [-0.25, -0.2) is 0 Å². The Balaban J connectivity index is 2.02. The fourth-order valence-electron chi connectivity index (χ4n) is 3.06. The number of carbonyl (C=O) groups is 2. The van der Waals surface area contributed by atoms with E-state index in [2.05, 4.69) is 19.2 Å². The molecule has 0 saturated heterocycles. The smallest absolute Gasteiger partial charge is 0.278 e. The first-order chi connectivity index (χ1) is 12.4. The minimum atomic E-state index is -0.277. The molecular weight excluding hydrogens is 324 g/mol. The van der Waals surface area contributed by atoms with Gasteiger partial charge in [0, 0.05) is 12.2 Å². The van der Waals surface area contributed by atoms with E-state index in [-0.39, 0.29) is 11.8 Å². The summed E-state index contributed by atoms with van der Waals surface area (Å²) in [4.78, 5) is 26.8. The summed E-state index contributed by atoms with van der Waals surface area (Å²) < 4.78 is 0. The van der Waals surface area contributed by atoms with E-state index in [1.165, 1.54) is 10.5 Å². The van der Waals surface area contributed by atoms with E-state index in [0.717, 1.165) is 16.8 Å². The van der Waals surface area contributed by atoms with Crippen LogP contribution in [-0.2, 0) is 9.59 Å². The number of hydrogen-bond acceptors (Lipinski definition) is 3. The summed E-state index contributed by atoms with van der Waals surface area (Å²) in [5.41, 5.74) is 4.67. The highest BCUT2D eigenvalue weighted by molar-refractivity contribution is 6.36. The first kappa shape index (κ1) is 17.9. The van der Waals surface area contributed by atoms with Crippen LogP contribution in [0.1, 0.15) is 43.4 Å². The highest BCUT2D eigenvalue weighted by Gasteiger charge is 2.38. The molecule has 0 radical (unpaired) electrons. The molecule has 0 unspecified atom stereocenters. The second kappa shape index (κ2) is 7.16. The second-order valence-corrected chi connectivity index (χ2v) is 6.87. The van der Waals surface area contributed by atoms with Crippen molar-refractivity contribution in [2.24, 2.45) is 0 Å². The SMILES string of the molecule is CCN1C(=O)C(Nc2ccc(C(C)C)cc2)=C(c2ccc(C)cc2)C1=O. The average Bonchev–Trinajstić information content (AvgIpc) is 2.86. The lowest BCUT2D eigenvalue weighted by molar-refractivity contribution is -0.136. The Kier molecular flexibility index (Phi) is 4.94. The van der Waals surface area contributed by atoms with Gasteiger partial charge >= 0.3 is 0 Å². The summed E-state index contributed by atoms with van der Waals surface area (Å²) >= 11 is 0. The highest BCUT2D eigenvalue weighted by atomic mass is 16.2. The third-order valence-electron chi connectivity index (χ3n) is 4.67. The van der Waals surface area contributed by atoms with Gasteiger partial charge in [0.15, 0.2) is 0 Å². The Hall–Kier alpha value is -2.88. The monoisotopic (exact) mass is 348 g/mol. The molecule has 0 spiro atoms. The minimum Gasteiger partial charge on any atom is -0.350 e. The number of nitrogens with one attached hydrogen (secondary N) is 1. The first-order valence-corrected chi connectivity index (χ1v) is 8.96. The molecule has 4 heteroatoms. The molecule has 4 nitrogen and oxygen atoms in total. The summed E-state index contributed by atoms with van der Waals surface area (Å²) in [6, 6.07) is 15.6. The lowest BCUT2D eigenvalue weighted by Crippen LogP contribution is -2.32. The van der Waals surface area contributed by atoms with Crippen LogP contribution in [0, 0.1) is 6.92 Å². The van der Waals surface area contributed by atoms with E-state index >= 15 is 0 Å². The maximum atomic E-state index is 12.8. The van der Waals surface area contributed by atoms with Crippen molar-refractivity contribution in [2.75, 3.05) is 11.9 Å². The minimum absolute atomic E-state index is 0.248. The Labute approximate surface area is 154 Å². The van der Waals surface area contributed by atoms with Crippen molar-refractivity contribution in [3.63, 3.8) is 0 Å². The summed E-state index contributed by atoms with van der Waals surface area (Å²) in [6.45, 7) is 8.43. The average molecular weight is 348 g/mol. The molecule has 3 rings (SSSR count). The summed E-state index contributed by atoms with van der Waals surface area (Å²) in [5, 5.41) is 3.18. The molecule has 0 aromatic heterocycles. The van der Waals surface area contributed by atoms with Crippen molar-refractivity contribution < 1.29 is 9.59 Å². The van der Waals surface area contributed by atoms with Crippen molar-refractivity contribution in [1.29, 1.82) is 0 Å². The number of benzene rings is 2. The fourth-order valence-corrected chi connectivity index (χ4v) is 3.06. The van der Waals surface area contributed by atoms with E-state index in [4.69, 9.17) is 0 Å². The zero-order valence-corrected chi connectivity index (χ0v) is 15.7. The van der Waals surface area contributed by atoms with Crippen molar-refractivity contribution >= 4 is 23.1 Å². The van der Waals surface area contributed by atoms with Gasteiger partial charge in [-0.1, -0.05) is 55.8 Å². The summed E-state index contributed by atoms with van der Waals surface area (Å²) in [7, 11) is 0. The maximum Gasteiger partial charge on any atom is 0.278 e. The topological polar surface area (TPSA) is 49.4 Å². The van der Waals surface area contributed by atoms with Gasteiger partial charge < -0.3 is 5.32 Å². The van der Waals surface area contributed by atoms with E-state index in [1.54, 1.807) is 0 Å². The molecule has 2 aromatic carbocycles. The van der Waals surface area contributed by atoms with Crippen LogP contribution in [-0.4, -0.2) is 23.3 Å². The molecule has 1 aliphatic rings. The van der Waals surface area contributed by atoms with Gasteiger partial charge in [0.2, 0.25) is 0 Å². The van der Waals surface area contributed by atoms with Gasteiger partial charge in [0.25, 0.3) is 11.8 Å². The van der Waals surface area contributed by atoms with E-state index < -0.39 is 0 Å². The molecule has 134 valence electrons. The van der Waals surface area contributed by atoms with Gasteiger partial charge in [-0.3, -0.25) is 14.5 Å². The molecule has 1 heterocycles. The molecule has 2 amide bonds. The van der Waals surface area contributed by atoms with E-state index in [0.29, 0.717) is 23.7 Å². The molecule has 0 atom stereocenters. The van der Waals surface area contributed by atoms with Crippen LogP contribution in [0.2, 0.25) is 0 Å². The largest absolute Gasteiger partial charge is 0.350 e. The predicted octanol–water partition coefficient (Wildman–Crippen LogP) is 4.33. The number of likely N-dealkylation sites (N-methyl/N-ethyl adjacent to an activating group) is 1. The van der Waals surface area contributed by atoms with Crippen molar-refractivity contribution in [1.82, 2.24) is 4.90 Å². The maximum absolute atomic E-state index is 12.8. The van der Waals surface area contributed by atoms with Crippen LogP contribution in [0.25, 0.3) is 5.57 Å². The predicted molar refractivity (Wildman–Crippen MR) is 105 cm³/mol. The molecular formula is C22H24N2O2. The summed E-state index contributed by atoms with van der Waals surface area (Å²) in [6.07, 6.45) is 0. The van der Waals surface area contributed by atoms with Crippen molar-refractivity contribution in [2.45, 2.75) is 33.6 Å². The quantitative estimate of drug-likeness (QED) is 0.818. The Morgan fingerprint density at radius 3 is 2.08 bits per heavy atom. The molecule has 1 aliphatic heterocycles. The number of hydrogen-bond donors (Lipinski definition) is 1. The van der Waals surface area contributed by atoms with E-state index in [1.807, 2.05) is 62.4 Å². The molecule has 0 aliphatic carbocycles. The molecule has 0 saturated carbocycles. The van der Waals surface area contributed by atoms with Crippen molar-refractivity contribution in [3.05, 3.63) is 70.9 Å². The van der Waals surface area contributed by atoms with Crippen LogP contribution in [0.15, 0.2) is 54.2 Å². The van der Waals surface area contributed by atoms with Crippen molar-refractivity contribution in [3.8, 4) is 0 Å². The number of rotatable bonds is 5. The summed E-state index contributed by atoms with van der Waals surface area (Å²) in [5.74, 6) is -0.0830. The number of anilines is 1. The number of aryl methyl sites for hydroxylation is 1. The first-order valence-electron chi connectivity index (χ1n) is 8.96. The van der Waals surface area contributed by atoms with Gasteiger partial charge in [0.05, 0.1) is 5.57 Å². The number of imide groups is 1. The third-order valence-corrected chi connectivity index (χ3v) is 4.67. The normalized spacial score (nSPS) is 14.6. The van der Waals surface area contributed by atoms with Crippen LogP contribution >= 0.6 is 0 Å². The zero-order chi connectivity index (χ0) is 18.8. The molecule has 0 fully saturated rings. The Morgan fingerprint density at radius 2 is 1.54 bits per heavy atom. The molecule has 26 heavy (non-hydrogen) atoms. The van der Waals surface area contributed by atoms with Crippen LogP contribution in [0.4, 0.5) is 5.69 Å². The second-order valence-electron chi connectivity index (χ2n) is 6.87. The Bertz CT molecular complexity index is 862. The third kappa shape index (κ3) is 3.27. The molecule has 2 aromatic rings. The van der Waals surface area contributed by atoms with Gasteiger partial charge in [-0.05, 0) is 43.0 Å². The molecule has 0 bridgehead atoms. The number of nitrogens with zero attached hydrogens (tertiary/aromatic N) is 1. The zero-order valence-electron chi connectivity index (χ0n) is 15.7. The van der Waals surface area contributed by atoms with E-state index in [9.17, 15) is 9.59 Å². The highest BCUT2D eigenvalue weighted by Crippen LogP contribution is 2.30. The van der Waals surface area contributed by atoms with Crippen LogP contribution in [0.5, 0.6) is 0 Å². The standard InChI is InChI=1S/C22H24N2O2/c1-5-24-21(25)19(17-8-6-15(4)7-9-17)20(22(24)26)23-18-12-10-16(11-13-18)14(2)3/h6-14,23H,5H2,1-4H3. The van der Waals surface area contributed by atoms with Gasteiger partial charge in [-0.15, -0.1) is 0 Å². The fraction of sp³-hybridized carbons (Fsp3) is 0.273. The lowest BCUT2D eigenvalue weighted by atomic mass is 10.0. The lowest BCUT2D eigenvalue weighted by Gasteiger charge is -2.12. The van der Waals surface area contributed by atoms with Crippen LogP contribution in [0.3, 0.4) is 0 Å². The Morgan fingerprint density at radius 1 is 0.923 bits per heavy atom. The van der Waals surface area contributed by atoms with Gasteiger partial charge in [0.1, 0.15) is 5.70 Å². The van der Waals surface area contributed by atoms with Gasteiger partial charge in [-0.2, -0.15) is 0 Å². The van der Waals surface area contributed by atoms with Crippen LogP contribution < -0.4 is 5.32 Å².